The summed E-state index contributed by atoms with van der Waals surface area (Å²) in [7, 11) is 0. The van der Waals surface area contributed by atoms with Crippen molar-refractivity contribution >= 4 is 11.6 Å². The van der Waals surface area contributed by atoms with E-state index in [1.165, 1.54) is 5.54 Å². The number of hydrogen-bond acceptors (Lipinski definition) is 0. The van der Waals surface area contributed by atoms with Crippen molar-refractivity contribution in [2.75, 3.05) is 0 Å². The van der Waals surface area contributed by atoms with Gasteiger partial charge in [0.2, 0.25) is 0 Å². The minimum Gasteiger partial charge on any atom is -0.0982 e. The van der Waals surface area contributed by atoms with Crippen molar-refractivity contribution in [1.29, 1.82) is 0 Å². The molecule has 0 spiro atoms. The summed E-state index contributed by atoms with van der Waals surface area (Å²) in [5.41, 5.74) is 1.42. The van der Waals surface area contributed by atoms with Gasteiger partial charge in [-0.2, -0.15) is 0 Å². The Balaban J connectivity index is 3.38. The first-order valence-electron chi connectivity index (χ1n) is 3.01. The lowest BCUT2D eigenvalue weighted by atomic mass is 10.1. The molecule has 0 unspecified atom stereocenters. The molecule has 0 saturated heterocycles. The average molecular weight is 143 g/mol. The Labute approximate surface area is 61.9 Å². The van der Waals surface area contributed by atoms with E-state index in [1.54, 1.807) is 6.08 Å². The highest BCUT2D eigenvalue weighted by molar-refractivity contribution is 6.25. The van der Waals surface area contributed by atoms with Crippen LogP contribution in [-0.4, -0.2) is 0 Å². The largest absolute Gasteiger partial charge is 0.0982 e. The van der Waals surface area contributed by atoms with Gasteiger partial charge in [-0.25, -0.2) is 0 Å². The topological polar surface area (TPSA) is 0 Å². The summed E-state index contributed by atoms with van der Waals surface area (Å²) in [5, 5.41) is 0. The summed E-state index contributed by atoms with van der Waals surface area (Å²) in [6, 6.07) is 0. The molecule has 0 nitrogen and oxygen atoms in total. The highest BCUT2D eigenvalue weighted by atomic mass is 35.5. The van der Waals surface area contributed by atoms with E-state index in [1.807, 2.05) is 0 Å². The summed E-state index contributed by atoms with van der Waals surface area (Å²) in [6.45, 7) is 4.28. The second-order valence-electron chi connectivity index (χ2n) is 2.21. The maximum absolute atomic E-state index is 5.23. The Morgan fingerprint density at radius 2 is 2.22 bits per heavy atom. The molecule has 0 aliphatic heterocycles. The summed E-state index contributed by atoms with van der Waals surface area (Å²) in [6.07, 6.45) is 2.59. The molecule has 0 N–H and O–H groups in total. The van der Waals surface area contributed by atoms with Crippen LogP contribution in [0.3, 0.4) is 0 Å². The fraction of sp³-hybridized carbons (Fsp3) is 0.500. The van der Waals surface area contributed by atoms with E-state index in [9.17, 15) is 0 Å². The molecule has 50 valence electrons. The Bertz CT molecular complexity index is 134. The van der Waals surface area contributed by atoms with E-state index in [-0.39, 0.29) is 0 Å². The molecule has 0 aromatic carbocycles. The fourth-order valence-corrected chi connectivity index (χ4v) is 0.416. The Hall–Kier alpha value is -0.410. The van der Waals surface area contributed by atoms with Crippen LogP contribution in [0.4, 0.5) is 0 Å². The highest BCUT2D eigenvalue weighted by Crippen LogP contribution is 1.95. The quantitative estimate of drug-likeness (QED) is 0.494. The third kappa shape index (κ3) is 7.59. The van der Waals surface area contributed by atoms with E-state index in [0.717, 1.165) is 6.42 Å². The standard InChI is InChI=1S/C8H11Cl/c1-8(2)6-4-3-5-7-9/h5,7-8H,6H2,1-2H3/b7-5-. The molecule has 0 atom stereocenters. The second-order valence-corrected chi connectivity index (χ2v) is 2.46. The summed E-state index contributed by atoms with van der Waals surface area (Å²) < 4.78 is 0. The number of rotatable bonds is 1. The number of halogens is 1. The minimum absolute atomic E-state index is 0.654. The van der Waals surface area contributed by atoms with E-state index >= 15 is 0 Å². The molecule has 0 radical (unpaired) electrons. The van der Waals surface area contributed by atoms with Crippen LogP contribution in [-0.2, 0) is 0 Å². The van der Waals surface area contributed by atoms with Gasteiger partial charge in [-0.1, -0.05) is 37.3 Å². The van der Waals surface area contributed by atoms with Crippen LogP contribution < -0.4 is 0 Å². The predicted octanol–water partition coefficient (Wildman–Crippen LogP) is 2.79. The summed E-state index contributed by atoms with van der Waals surface area (Å²) >= 11 is 5.23. The van der Waals surface area contributed by atoms with Gasteiger partial charge in [0.15, 0.2) is 0 Å². The Morgan fingerprint density at radius 1 is 1.56 bits per heavy atom. The molecule has 0 amide bonds. The molecule has 9 heavy (non-hydrogen) atoms. The van der Waals surface area contributed by atoms with Crippen molar-refractivity contribution in [3.63, 3.8) is 0 Å². The zero-order chi connectivity index (χ0) is 7.11. The molecule has 0 aliphatic rings. The van der Waals surface area contributed by atoms with Gasteiger partial charge in [0, 0.05) is 12.0 Å². The third-order valence-electron chi connectivity index (χ3n) is 0.759. The van der Waals surface area contributed by atoms with E-state index in [4.69, 9.17) is 11.6 Å². The summed E-state index contributed by atoms with van der Waals surface area (Å²) in [4.78, 5) is 0. The van der Waals surface area contributed by atoms with E-state index in [2.05, 4.69) is 25.7 Å². The molecule has 0 aliphatic carbocycles. The van der Waals surface area contributed by atoms with Crippen molar-refractivity contribution in [2.45, 2.75) is 20.3 Å². The molecule has 0 rings (SSSR count). The van der Waals surface area contributed by atoms with Gasteiger partial charge in [-0.15, -0.1) is 0 Å². The average Bonchev–Trinajstić information content (AvgIpc) is 1.80. The summed E-state index contributed by atoms with van der Waals surface area (Å²) in [5.74, 6) is 6.42. The van der Waals surface area contributed by atoms with Gasteiger partial charge in [0.25, 0.3) is 0 Å². The minimum atomic E-state index is 0.654. The van der Waals surface area contributed by atoms with Gasteiger partial charge in [-0.3, -0.25) is 0 Å². The van der Waals surface area contributed by atoms with Crippen LogP contribution in [0.2, 0.25) is 0 Å². The lowest BCUT2D eigenvalue weighted by Crippen LogP contribution is -1.80. The molecule has 1 heteroatoms. The second kappa shape index (κ2) is 5.72. The van der Waals surface area contributed by atoms with Crippen LogP contribution in [0, 0.1) is 17.8 Å². The van der Waals surface area contributed by atoms with E-state index in [0.29, 0.717) is 5.92 Å². The van der Waals surface area contributed by atoms with Crippen molar-refractivity contribution in [2.24, 2.45) is 5.92 Å². The molecule has 0 bridgehead atoms. The first kappa shape index (κ1) is 8.59. The first-order chi connectivity index (χ1) is 4.27. The smallest absolute Gasteiger partial charge is 0.0126 e. The lowest BCUT2D eigenvalue weighted by molar-refractivity contribution is 0.676. The van der Waals surface area contributed by atoms with Gasteiger partial charge >= 0.3 is 0 Å². The fourth-order valence-electron chi connectivity index (χ4n) is 0.353. The third-order valence-corrected chi connectivity index (χ3v) is 0.885. The van der Waals surface area contributed by atoms with Crippen molar-refractivity contribution < 1.29 is 0 Å². The van der Waals surface area contributed by atoms with Crippen LogP contribution in [0.1, 0.15) is 20.3 Å². The van der Waals surface area contributed by atoms with Crippen molar-refractivity contribution in [1.82, 2.24) is 0 Å². The zero-order valence-electron chi connectivity index (χ0n) is 5.82. The van der Waals surface area contributed by atoms with Crippen LogP contribution in [0.25, 0.3) is 0 Å². The maximum Gasteiger partial charge on any atom is 0.0126 e. The number of allylic oxidation sites excluding steroid dienone is 1. The molecule has 0 aromatic heterocycles. The lowest BCUT2D eigenvalue weighted by Gasteiger charge is -1.91. The monoisotopic (exact) mass is 142 g/mol. The van der Waals surface area contributed by atoms with Gasteiger partial charge in [0.05, 0.1) is 0 Å². The molecular weight excluding hydrogens is 132 g/mol. The normalized spacial score (nSPS) is 9.78. The maximum atomic E-state index is 5.23. The first-order valence-corrected chi connectivity index (χ1v) is 3.44. The predicted molar refractivity (Wildman–Crippen MR) is 42.2 cm³/mol. The van der Waals surface area contributed by atoms with Gasteiger partial charge in [-0.05, 0) is 12.0 Å². The van der Waals surface area contributed by atoms with Crippen molar-refractivity contribution in [3.05, 3.63) is 11.6 Å². The van der Waals surface area contributed by atoms with Gasteiger partial charge < -0.3 is 0 Å². The van der Waals surface area contributed by atoms with Crippen LogP contribution in [0.15, 0.2) is 11.6 Å². The van der Waals surface area contributed by atoms with Crippen LogP contribution >= 0.6 is 11.6 Å². The Kier molecular flexibility index (Phi) is 5.46. The Morgan fingerprint density at radius 3 is 2.67 bits per heavy atom. The molecule has 0 heterocycles. The molecule has 0 aromatic rings. The highest BCUT2D eigenvalue weighted by Gasteiger charge is 1.84. The molecule has 0 fully saturated rings. The van der Waals surface area contributed by atoms with Crippen molar-refractivity contribution in [3.8, 4) is 11.8 Å². The molecular formula is C8H11Cl. The van der Waals surface area contributed by atoms with Crippen LogP contribution in [0.5, 0.6) is 0 Å². The molecule has 0 saturated carbocycles. The zero-order valence-corrected chi connectivity index (χ0v) is 6.57. The number of hydrogen-bond donors (Lipinski definition) is 0. The SMILES string of the molecule is CC(C)CC#C/C=C\Cl. The van der Waals surface area contributed by atoms with Gasteiger partial charge in [0.1, 0.15) is 0 Å². The van der Waals surface area contributed by atoms with E-state index < -0.39 is 0 Å².